The summed E-state index contributed by atoms with van der Waals surface area (Å²) >= 11 is 0. The van der Waals surface area contributed by atoms with Gasteiger partial charge in [-0.15, -0.1) is 0 Å². The van der Waals surface area contributed by atoms with Crippen LogP contribution in [0.2, 0.25) is 0 Å². The summed E-state index contributed by atoms with van der Waals surface area (Å²) in [6.07, 6.45) is 107. The fourth-order valence-corrected chi connectivity index (χ4v) is 11.5. The molecule has 0 heterocycles. The molecule has 0 radical (unpaired) electrons. The smallest absolute Gasteiger partial charge is 0.306 e. The summed E-state index contributed by atoms with van der Waals surface area (Å²) in [7, 11) is 1.16. The van der Waals surface area contributed by atoms with Crippen LogP contribution in [0.3, 0.4) is 0 Å². The largest absolute Gasteiger partial charge is 0.756 e. The third-order valence-electron chi connectivity index (χ3n) is 16.7. The zero-order valence-electron chi connectivity index (χ0n) is 61.6. The van der Waals surface area contributed by atoms with Crippen molar-refractivity contribution in [1.29, 1.82) is 0 Å². The lowest BCUT2D eigenvalue weighted by molar-refractivity contribution is -0.870. The molecule has 0 spiro atoms. The fraction of sp³-hybridized carbons (Fsp3) is 0.714. The van der Waals surface area contributed by atoms with Crippen molar-refractivity contribution >= 4 is 19.8 Å². The number of likely N-dealkylation sites (N-methyl/N-ethyl adjacent to an activating group) is 1. The topological polar surface area (TPSA) is 111 Å². The maximum absolute atomic E-state index is 12.9. The Morgan fingerprint density at radius 2 is 0.606 bits per heavy atom. The first-order valence-electron chi connectivity index (χ1n) is 38.9. The molecule has 0 N–H and O–H groups in total. The number of phosphoric ester groups is 1. The molecule has 0 aromatic carbocycles. The number of hydrogen-bond donors (Lipinski definition) is 0. The van der Waals surface area contributed by atoms with Gasteiger partial charge in [0.1, 0.15) is 19.8 Å². The molecule has 0 fully saturated rings. The lowest BCUT2D eigenvalue weighted by Gasteiger charge is -2.28. The van der Waals surface area contributed by atoms with Crippen molar-refractivity contribution in [3.8, 4) is 0 Å². The molecular formula is C84H146NO8P. The third kappa shape index (κ3) is 77.2. The number of rotatable bonds is 71. The van der Waals surface area contributed by atoms with E-state index in [2.05, 4.69) is 148 Å². The van der Waals surface area contributed by atoms with E-state index in [1.165, 1.54) is 193 Å². The Labute approximate surface area is 581 Å². The lowest BCUT2D eigenvalue weighted by Crippen LogP contribution is -2.37. The highest BCUT2D eigenvalue weighted by molar-refractivity contribution is 7.45. The van der Waals surface area contributed by atoms with Crippen molar-refractivity contribution in [2.24, 2.45) is 0 Å². The zero-order chi connectivity index (χ0) is 68.3. The number of unbranched alkanes of at least 4 members (excludes halogenated alkanes) is 35. The first-order valence-corrected chi connectivity index (χ1v) is 40.4. The molecule has 2 atom stereocenters. The number of phosphoric acid groups is 1. The highest BCUT2D eigenvalue weighted by Crippen LogP contribution is 2.38. The number of nitrogens with zero attached hydrogens (tertiary/aromatic N) is 1. The van der Waals surface area contributed by atoms with E-state index in [0.717, 1.165) is 109 Å². The van der Waals surface area contributed by atoms with Gasteiger partial charge < -0.3 is 27.9 Å². The molecule has 0 aliphatic heterocycles. The van der Waals surface area contributed by atoms with Crippen LogP contribution in [-0.4, -0.2) is 70.0 Å². The maximum atomic E-state index is 12.9. The van der Waals surface area contributed by atoms with Crippen LogP contribution in [-0.2, 0) is 32.7 Å². The van der Waals surface area contributed by atoms with Crippen molar-refractivity contribution < 1.29 is 42.1 Å². The molecule has 0 amide bonds. The van der Waals surface area contributed by atoms with Crippen LogP contribution in [0.4, 0.5) is 0 Å². The van der Waals surface area contributed by atoms with E-state index in [9.17, 15) is 19.0 Å². The highest BCUT2D eigenvalue weighted by atomic mass is 31.2. The third-order valence-corrected chi connectivity index (χ3v) is 17.6. The molecule has 10 heteroatoms. The average Bonchev–Trinajstić information content (AvgIpc) is 1.56. The van der Waals surface area contributed by atoms with Crippen molar-refractivity contribution in [3.05, 3.63) is 134 Å². The van der Waals surface area contributed by atoms with Crippen LogP contribution in [0.25, 0.3) is 0 Å². The van der Waals surface area contributed by atoms with E-state index in [1.807, 2.05) is 21.1 Å². The second-order valence-electron chi connectivity index (χ2n) is 27.0. The second kappa shape index (κ2) is 73.4. The molecule has 0 aromatic heterocycles. The molecule has 0 bridgehead atoms. The van der Waals surface area contributed by atoms with E-state index in [4.69, 9.17) is 18.5 Å². The number of esters is 2. The predicted molar refractivity (Wildman–Crippen MR) is 406 cm³/mol. The van der Waals surface area contributed by atoms with Gasteiger partial charge >= 0.3 is 11.9 Å². The fourth-order valence-electron chi connectivity index (χ4n) is 10.7. The molecule has 0 aliphatic rings. The Kier molecular flexibility index (Phi) is 70.4. The van der Waals surface area contributed by atoms with Gasteiger partial charge in [0.15, 0.2) is 6.10 Å². The number of carbonyl (C=O) groups is 2. The highest BCUT2D eigenvalue weighted by Gasteiger charge is 2.22. The number of ether oxygens (including phenoxy) is 2. The molecule has 0 rings (SSSR count). The number of quaternary nitrogens is 1. The van der Waals surface area contributed by atoms with Gasteiger partial charge in [0.2, 0.25) is 0 Å². The predicted octanol–water partition coefficient (Wildman–Crippen LogP) is 25.3. The summed E-state index contributed by atoms with van der Waals surface area (Å²) in [5, 5.41) is 0. The quantitative estimate of drug-likeness (QED) is 0.0195. The van der Waals surface area contributed by atoms with E-state index >= 15 is 0 Å². The molecule has 0 saturated heterocycles. The van der Waals surface area contributed by atoms with Gasteiger partial charge in [-0.1, -0.05) is 340 Å². The summed E-state index contributed by atoms with van der Waals surface area (Å²) in [6.45, 7) is 4.13. The summed E-state index contributed by atoms with van der Waals surface area (Å²) in [5.41, 5.74) is 0. The van der Waals surface area contributed by atoms with Crippen LogP contribution < -0.4 is 4.89 Å². The summed E-state index contributed by atoms with van der Waals surface area (Å²) in [6, 6.07) is 0. The first kappa shape index (κ1) is 90.2. The zero-order valence-corrected chi connectivity index (χ0v) is 62.5. The lowest BCUT2D eigenvalue weighted by atomic mass is 10.0. The van der Waals surface area contributed by atoms with Crippen molar-refractivity contribution in [3.63, 3.8) is 0 Å². The Hall–Kier alpha value is -3.85. The van der Waals surface area contributed by atoms with Crippen LogP contribution in [0, 0.1) is 0 Å². The summed E-state index contributed by atoms with van der Waals surface area (Å²) < 4.78 is 34.4. The van der Waals surface area contributed by atoms with Crippen LogP contribution >= 0.6 is 7.82 Å². The van der Waals surface area contributed by atoms with Gasteiger partial charge in [-0.25, -0.2) is 0 Å². The Bertz CT molecular complexity index is 2050. The first-order chi connectivity index (χ1) is 46.0. The van der Waals surface area contributed by atoms with Crippen molar-refractivity contribution in [2.45, 2.75) is 341 Å². The van der Waals surface area contributed by atoms with Gasteiger partial charge in [0.25, 0.3) is 7.82 Å². The minimum atomic E-state index is -4.65. The van der Waals surface area contributed by atoms with Crippen molar-refractivity contribution in [2.75, 3.05) is 47.5 Å². The van der Waals surface area contributed by atoms with Crippen LogP contribution in [0.1, 0.15) is 335 Å². The number of carbonyl (C=O) groups excluding carboxylic acids is 2. The monoisotopic (exact) mass is 1330 g/mol. The molecule has 540 valence electrons. The van der Waals surface area contributed by atoms with E-state index in [1.54, 1.807) is 0 Å². The van der Waals surface area contributed by atoms with Gasteiger partial charge in [-0.05, 0) is 116 Å². The Morgan fingerprint density at radius 1 is 0.340 bits per heavy atom. The minimum absolute atomic E-state index is 0.0373. The molecule has 94 heavy (non-hydrogen) atoms. The normalized spacial score (nSPS) is 13.8. The molecule has 0 saturated carbocycles. The van der Waals surface area contributed by atoms with E-state index in [-0.39, 0.29) is 32.0 Å². The molecule has 0 aliphatic carbocycles. The van der Waals surface area contributed by atoms with Gasteiger partial charge in [0.05, 0.1) is 27.7 Å². The Morgan fingerprint density at radius 3 is 0.904 bits per heavy atom. The Balaban J connectivity index is 4.02. The molecule has 0 aromatic rings. The molecular weight excluding hydrogens is 1180 g/mol. The molecule has 9 nitrogen and oxygen atoms in total. The van der Waals surface area contributed by atoms with E-state index in [0.29, 0.717) is 17.4 Å². The summed E-state index contributed by atoms with van der Waals surface area (Å²) in [5.74, 6) is -0.838. The van der Waals surface area contributed by atoms with Gasteiger partial charge in [-0.2, -0.15) is 0 Å². The standard InChI is InChI=1S/C84H146NO8P/c1-6-8-10-12-14-16-18-20-22-24-26-28-30-32-34-36-38-40-41-42-43-45-46-48-50-52-54-56-58-60-62-64-66-68-70-72-74-76-83(86)90-80-82(81-92-94(88,89)91-79-78-85(3,4)5)93-84(87)77-75-73-71-69-67-65-63-61-59-57-55-53-51-49-47-44-39-37-35-33-31-29-27-25-23-21-19-17-15-13-11-9-7-2/h9,11,15,17-18,20-21,23-24,26-27,29-30,32-33,35,39,44,49,51,55,57,82H,6-8,10,12-14,16,19,22,25,28,31,34,36-38,40-43,45-48,50,52-54,56,58-81H2,1-5H3/b11-9-,17-15-,20-18-,23-21-,26-24-,29-27-,32-30-,35-33-,44-39-,51-49-,57-55-. The average molecular weight is 1330 g/mol. The summed E-state index contributed by atoms with van der Waals surface area (Å²) in [4.78, 5) is 38.2. The van der Waals surface area contributed by atoms with E-state index < -0.39 is 26.5 Å². The maximum Gasteiger partial charge on any atom is 0.306 e. The van der Waals surface area contributed by atoms with Crippen LogP contribution in [0.15, 0.2) is 134 Å². The number of hydrogen-bond acceptors (Lipinski definition) is 8. The molecule has 2 unspecified atom stereocenters. The minimum Gasteiger partial charge on any atom is -0.756 e. The van der Waals surface area contributed by atoms with Crippen molar-refractivity contribution in [1.82, 2.24) is 0 Å². The van der Waals surface area contributed by atoms with Gasteiger partial charge in [0, 0.05) is 12.8 Å². The number of allylic oxidation sites excluding steroid dienone is 22. The SMILES string of the molecule is CC/C=C\C/C=C\C/C=C\C/C=C\C/C=C\C/C=C\C/C=C\C/C=C\CCCCCCCCCCC(=O)OC(COC(=O)CCCCCCCCCCCCCCCCCCCCCCCC/C=C\C/C=C\C/C=C\CCCCCCC)COP(=O)([O-])OCC[N+](C)(C)C. The second-order valence-corrected chi connectivity index (χ2v) is 28.4. The van der Waals surface area contributed by atoms with Crippen LogP contribution in [0.5, 0.6) is 0 Å². The van der Waals surface area contributed by atoms with Gasteiger partial charge in [-0.3, -0.25) is 14.2 Å².